The van der Waals surface area contributed by atoms with Gasteiger partial charge in [-0.2, -0.15) is 0 Å². The van der Waals surface area contributed by atoms with Crippen molar-refractivity contribution in [3.63, 3.8) is 0 Å². The van der Waals surface area contributed by atoms with E-state index < -0.39 is 0 Å². The molecule has 1 atom stereocenters. The van der Waals surface area contributed by atoms with E-state index in [4.69, 9.17) is 9.15 Å². The molecule has 2 aromatic rings. The zero-order valence-electron chi connectivity index (χ0n) is 14.5. The number of aryl methyl sites for hydroxylation is 3. The monoisotopic (exact) mass is 328 g/mol. The van der Waals surface area contributed by atoms with Gasteiger partial charge >= 0.3 is 0 Å². The van der Waals surface area contributed by atoms with Gasteiger partial charge in [0.2, 0.25) is 0 Å². The fraction of sp³-hybridized carbons (Fsp3) is 0.474. The second kappa shape index (κ2) is 7.07. The van der Waals surface area contributed by atoms with Crippen LogP contribution in [0.1, 0.15) is 40.5 Å². The van der Waals surface area contributed by atoms with E-state index in [2.05, 4.69) is 11.9 Å². The second-order valence-corrected chi connectivity index (χ2v) is 6.52. The topological polar surface area (TPSA) is 55.6 Å². The summed E-state index contributed by atoms with van der Waals surface area (Å²) in [5.41, 5.74) is 1.66. The molecule has 1 aliphatic heterocycles. The summed E-state index contributed by atoms with van der Waals surface area (Å²) in [5, 5.41) is 0. The number of benzene rings is 1. The summed E-state index contributed by atoms with van der Waals surface area (Å²) in [6.07, 6.45) is 2.07. The first-order chi connectivity index (χ1) is 11.5. The number of nitrogens with zero attached hydrogens (tertiary/aromatic N) is 2. The number of carbonyl (C=O) groups is 1. The number of amides is 1. The first kappa shape index (κ1) is 16.6. The molecule has 0 aliphatic carbocycles. The van der Waals surface area contributed by atoms with E-state index in [0.717, 1.165) is 25.1 Å². The van der Waals surface area contributed by atoms with Crippen LogP contribution >= 0.6 is 0 Å². The van der Waals surface area contributed by atoms with Crippen molar-refractivity contribution >= 4 is 5.91 Å². The lowest BCUT2D eigenvalue weighted by Crippen LogP contribution is -2.42. The van der Waals surface area contributed by atoms with Crippen LogP contribution in [0.2, 0.25) is 0 Å². The highest BCUT2D eigenvalue weighted by Gasteiger charge is 2.28. The maximum absolute atomic E-state index is 12.7. The molecule has 1 aromatic heterocycles. The zero-order valence-corrected chi connectivity index (χ0v) is 14.5. The largest absolute Gasteiger partial charge is 0.493 e. The van der Waals surface area contributed by atoms with Gasteiger partial charge in [-0.05, 0) is 38.8 Å². The predicted octanol–water partition coefficient (Wildman–Crippen LogP) is 3.53. The number of likely N-dealkylation sites (tertiary alicyclic amines) is 1. The average molecular weight is 328 g/mol. The van der Waals surface area contributed by atoms with E-state index in [1.807, 2.05) is 29.2 Å². The van der Waals surface area contributed by atoms with E-state index in [-0.39, 0.29) is 5.91 Å². The molecule has 24 heavy (non-hydrogen) atoms. The predicted molar refractivity (Wildman–Crippen MR) is 91.3 cm³/mol. The van der Waals surface area contributed by atoms with Gasteiger partial charge in [0.1, 0.15) is 11.5 Å². The number of hydrogen-bond donors (Lipinski definition) is 0. The number of oxazole rings is 1. The number of aromatic nitrogens is 1. The van der Waals surface area contributed by atoms with Crippen LogP contribution in [0.25, 0.3) is 0 Å². The van der Waals surface area contributed by atoms with Crippen molar-refractivity contribution in [3.8, 4) is 5.75 Å². The molecule has 3 rings (SSSR count). The summed E-state index contributed by atoms with van der Waals surface area (Å²) >= 11 is 0. The average Bonchev–Trinajstić information content (AvgIpc) is 2.92. The molecule has 1 aromatic carbocycles. The van der Waals surface area contributed by atoms with Crippen LogP contribution in [0.15, 0.2) is 28.7 Å². The quantitative estimate of drug-likeness (QED) is 0.861. The van der Waals surface area contributed by atoms with Crippen molar-refractivity contribution in [2.24, 2.45) is 5.92 Å². The Hall–Kier alpha value is -2.30. The summed E-state index contributed by atoms with van der Waals surface area (Å²) in [7, 11) is 0. The number of carbonyl (C=O) groups excluding carboxylic acids is 1. The van der Waals surface area contributed by atoms with Gasteiger partial charge in [-0.1, -0.05) is 17.7 Å². The SMILES string of the molecule is Cc1ccc(OCC2CCCN(C(=O)c3nc(C)oc3C)C2)cc1. The summed E-state index contributed by atoms with van der Waals surface area (Å²) < 4.78 is 11.3. The van der Waals surface area contributed by atoms with Gasteiger partial charge in [0.25, 0.3) is 5.91 Å². The fourth-order valence-electron chi connectivity index (χ4n) is 3.11. The first-order valence-electron chi connectivity index (χ1n) is 8.45. The van der Waals surface area contributed by atoms with Crippen molar-refractivity contribution in [2.45, 2.75) is 33.6 Å². The maximum atomic E-state index is 12.7. The number of hydrogen-bond acceptors (Lipinski definition) is 4. The molecule has 5 nitrogen and oxygen atoms in total. The van der Waals surface area contributed by atoms with Crippen LogP contribution in [0, 0.1) is 26.7 Å². The van der Waals surface area contributed by atoms with E-state index >= 15 is 0 Å². The Morgan fingerprint density at radius 2 is 2.04 bits per heavy atom. The minimum Gasteiger partial charge on any atom is -0.493 e. The Morgan fingerprint density at radius 1 is 1.29 bits per heavy atom. The molecule has 1 unspecified atom stereocenters. The van der Waals surface area contributed by atoms with Crippen LogP contribution in [0.5, 0.6) is 5.75 Å². The minimum absolute atomic E-state index is 0.0376. The van der Waals surface area contributed by atoms with Crippen LogP contribution in [0.4, 0.5) is 0 Å². The Balaban J connectivity index is 1.58. The molecule has 1 saturated heterocycles. The smallest absolute Gasteiger partial charge is 0.276 e. The molecule has 0 spiro atoms. The summed E-state index contributed by atoms with van der Waals surface area (Å²) in [6.45, 7) is 7.71. The Morgan fingerprint density at radius 3 is 2.71 bits per heavy atom. The lowest BCUT2D eigenvalue weighted by Gasteiger charge is -2.32. The lowest BCUT2D eigenvalue weighted by molar-refractivity contribution is 0.0626. The van der Waals surface area contributed by atoms with Crippen LogP contribution < -0.4 is 4.74 Å². The molecule has 0 radical (unpaired) electrons. The van der Waals surface area contributed by atoms with Crippen LogP contribution in [-0.4, -0.2) is 35.5 Å². The standard InChI is InChI=1S/C19H24N2O3/c1-13-6-8-17(9-7-13)23-12-16-5-4-10-21(11-16)19(22)18-14(2)24-15(3)20-18/h6-9,16H,4-5,10-12H2,1-3H3. The molecule has 0 saturated carbocycles. The molecule has 2 heterocycles. The third kappa shape index (κ3) is 3.78. The van der Waals surface area contributed by atoms with Gasteiger partial charge in [0, 0.05) is 25.9 Å². The summed E-state index contributed by atoms with van der Waals surface area (Å²) in [4.78, 5) is 18.7. The summed E-state index contributed by atoms with van der Waals surface area (Å²) in [5.74, 6) is 2.32. The van der Waals surface area contributed by atoms with Gasteiger partial charge in [0.15, 0.2) is 11.6 Å². The fourth-order valence-corrected chi connectivity index (χ4v) is 3.11. The van der Waals surface area contributed by atoms with Gasteiger partial charge in [0.05, 0.1) is 6.61 Å². The Kier molecular flexibility index (Phi) is 4.88. The highest BCUT2D eigenvalue weighted by atomic mass is 16.5. The molecule has 128 valence electrons. The molecule has 1 fully saturated rings. The molecule has 1 amide bonds. The summed E-state index contributed by atoms with van der Waals surface area (Å²) in [6, 6.07) is 8.06. The van der Waals surface area contributed by atoms with Gasteiger partial charge in [-0.3, -0.25) is 4.79 Å². The third-order valence-electron chi connectivity index (χ3n) is 4.42. The van der Waals surface area contributed by atoms with Crippen LogP contribution in [-0.2, 0) is 0 Å². The molecular formula is C19H24N2O3. The van der Waals surface area contributed by atoms with E-state index in [1.54, 1.807) is 13.8 Å². The normalized spacial score (nSPS) is 17.8. The molecular weight excluding hydrogens is 304 g/mol. The third-order valence-corrected chi connectivity index (χ3v) is 4.42. The van der Waals surface area contributed by atoms with Gasteiger partial charge in [-0.15, -0.1) is 0 Å². The Bertz CT molecular complexity index is 706. The second-order valence-electron chi connectivity index (χ2n) is 6.52. The van der Waals surface area contributed by atoms with E-state index in [0.29, 0.717) is 36.4 Å². The number of ether oxygens (including phenoxy) is 1. The van der Waals surface area contributed by atoms with Crippen molar-refractivity contribution in [1.82, 2.24) is 9.88 Å². The molecule has 0 bridgehead atoms. The minimum atomic E-state index is -0.0376. The molecule has 1 aliphatic rings. The number of rotatable bonds is 4. The van der Waals surface area contributed by atoms with Crippen molar-refractivity contribution < 1.29 is 13.9 Å². The highest BCUT2D eigenvalue weighted by molar-refractivity contribution is 5.93. The van der Waals surface area contributed by atoms with E-state index in [9.17, 15) is 4.79 Å². The maximum Gasteiger partial charge on any atom is 0.276 e. The molecule has 0 N–H and O–H groups in total. The number of piperidine rings is 1. The van der Waals surface area contributed by atoms with Crippen molar-refractivity contribution in [3.05, 3.63) is 47.2 Å². The zero-order chi connectivity index (χ0) is 17.1. The lowest BCUT2D eigenvalue weighted by atomic mass is 9.98. The molecule has 5 heteroatoms. The van der Waals surface area contributed by atoms with Crippen molar-refractivity contribution in [2.75, 3.05) is 19.7 Å². The first-order valence-corrected chi connectivity index (χ1v) is 8.45. The van der Waals surface area contributed by atoms with Crippen LogP contribution in [0.3, 0.4) is 0 Å². The van der Waals surface area contributed by atoms with Gasteiger partial charge < -0.3 is 14.1 Å². The van der Waals surface area contributed by atoms with Gasteiger partial charge in [-0.25, -0.2) is 4.98 Å². The van der Waals surface area contributed by atoms with E-state index in [1.165, 1.54) is 5.56 Å². The highest BCUT2D eigenvalue weighted by Crippen LogP contribution is 2.21. The van der Waals surface area contributed by atoms with Crippen molar-refractivity contribution in [1.29, 1.82) is 0 Å². The Labute approximate surface area is 142 Å².